The number of benzene rings is 2. The second-order valence-corrected chi connectivity index (χ2v) is 10.3. The van der Waals surface area contributed by atoms with Crippen molar-refractivity contribution in [3.8, 4) is 0 Å². The van der Waals surface area contributed by atoms with E-state index in [2.05, 4.69) is 79.5 Å². The van der Waals surface area contributed by atoms with Crippen LogP contribution >= 0.6 is 0 Å². The molecule has 0 aliphatic rings. The van der Waals surface area contributed by atoms with Gasteiger partial charge in [-0.05, 0) is 12.0 Å². The first kappa shape index (κ1) is 15.7. The lowest BCUT2D eigenvalue weighted by Gasteiger charge is -2.20. The van der Waals surface area contributed by atoms with Gasteiger partial charge in [0.25, 0.3) is 0 Å². The van der Waals surface area contributed by atoms with Gasteiger partial charge in [-0.3, -0.25) is 0 Å². The van der Waals surface area contributed by atoms with E-state index in [1.807, 2.05) is 6.07 Å². The normalized spacial score (nSPS) is 13.5. The first-order valence-electron chi connectivity index (χ1n) is 7.54. The quantitative estimate of drug-likeness (QED) is 0.803. The van der Waals surface area contributed by atoms with Gasteiger partial charge in [-0.25, -0.2) is 0 Å². The SMILES string of the molecule is C[Si](C)(/C=C\C(CCO)c1ccccc1)c1ccccc1. The second kappa shape index (κ2) is 7.39. The van der Waals surface area contributed by atoms with E-state index in [1.165, 1.54) is 10.8 Å². The van der Waals surface area contributed by atoms with Gasteiger partial charge in [-0.15, -0.1) is 0 Å². The Morgan fingerprint density at radius 2 is 1.52 bits per heavy atom. The Kier molecular flexibility index (Phi) is 5.54. The summed E-state index contributed by atoms with van der Waals surface area (Å²) in [5, 5.41) is 10.8. The van der Waals surface area contributed by atoms with Crippen molar-refractivity contribution in [3.05, 3.63) is 78.0 Å². The summed E-state index contributed by atoms with van der Waals surface area (Å²) in [6, 6.07) is 21.2. The van der Waals surface area contributed by atoms with Gasteiger partial charge in [-0.2, -0.15) is 0 Å². The van der Waals surface area contributed by atoms with Crippen LogP contribution in [0.15, 0.2) is 72.4 Å². The van der Waals surface area contributed by atoms with Crippen molar-refractivity contribution in [3.63, 3.8) is 0 Å². The van der Waals surface area contributed by atoms with E-state index in [4.69, 9.17) is 0 Å². The molecule has 1 N–H and O–H groups in total. The van der Waals surface area contributed by atoms with Gasteiger partial charge in [0.05, 0.1) is 0 Å². The number of aliphatic hydroxyl groups excluding tert-OH is 1. The molecule has 2 heteroatoms. The van der Waals surface area contributed by atoms with Gasteiger partial charge in [0.1, 0.15) is 8.07 Å². The van der Waals surface area contributed by atoms with Crippen molar-refractivity contribution in [2.45, 2.75) is 25.4 Å². The van der Waals surface area contributed by atoms with E-state index < -0.39 is 8.07 Å². The minimum Gasteiger partial charge on any atom is -0.396 e. The molecule has 0 saturated heterocycles. The van der Waals surface area contributed by atoms with Crippen LogP contribution in [0.4, 0.5) is 0 Å². The number of hydrogen-bond acceptors (Lipinski definition) is 1. The molecule has 2 aromatic carbocycles. The minimum atomic E-state index is -1.57. The summed E-state index contributed by atoms with van der Waals surface area (Å²) in [6.45, 7) is 4.94. The maximum atomic E-state index is 9.32. The van der Waals surface area contributed by atoms with E-state index in [0.29, 0.717) is 5.92 Å². The van der Waals surface area contributed by atoms with E-state index in [1.54, 1.807) is 0 Å². The third-order valence-electron chi connectivity index (χ3n) is 3.93. The predicted molar refractivity (Wildman–Crippen MR) is 93.6 cm³/mol. The van der Waals surface area contributed by atoms with E-state index in [9.17, 15) is 5.11 Å². The van der Waals surface area contributed by atoms with E-state index in [0.717, 1.165) is 6.42 Å². The van der Waals surface area contributed by atoms with Crippen LogP contribution in [0.1, 0.15) is 17.9 Å². The third kappa shape index (κ3) is 4.41. The molecule has 2 aromatic rings. The number of aliphatic hydroxyl groups is 1. The van der Waals surface area contributed by atoms with Gasteiger partial charge in [-0.1, -0.05) is 90.7 Å². The fraction of sp³-hybridized carbons (Fsp3) is 0.263. The van der Waals surface area contributed by atoms with Crippen molar-refractivity contribution in [2.24, 2.45) is 0 Å². The maximum absolute atomic E-state index is 9.32. The van der Waals surface area contributed by atoms with Crippen LogP contribution in [0.3, 0.4) is 0 Å². The van der Waals surface area contributed by atoms with Crippen molar-refractivity contribution < 1.29 is 5.11 Å². The van der Waals surface area contributed by atoms with Crippen molar-refractivity contribution in [1.82, 2.24) is 0 Å². The third-order valence-corrected chi connectivity index (χ3v) is 6.78. The molecule has 110 valence electrons. The van der Waals surface area contributed by atoms with Crippen LogP contribution in [0, 0.1) is 0 Å². The Morgan fingerprint density at radius 3 is 2.10 bits per heavy atom. The second-order valence-electron chi connectivity index (χ2n) is 5.98. The van der Waals surface area contributed by atoms with Crippen molar-refractivity contribution in [2.75, 3.05) is 6.61 Å². The molecule has 1 atom stereocenters. The molecule has 0 amide bonds. The highest BCUT2D eigenvalue weighted by Gasteiger charge is 2.20. The van der Waals surface area contributed by atoms with Gasteiger partial charge in [0.2, 0.25) is 0 Å². The van der Waals surface area contributed by atoms with E-state index >= 15 is 0 Å². The summed E-state index contributed by atoms with van der Waals surface area (Å²) in [5.41, 5.74) is 3.68. The van der Waals surface area contributed by atoms with Crippen LogP contribution in [0.2, 0.25) is 13.1 Å². The zero-order valence-electron chi connectivity index (χ0n) is 12.9. The van der Waals surface area contributed by atoms with Crippen molar-refractivity contribution in [1.29, 1.82) is 0 Å². The topological polar surface area (TPSA) is 20.2 Å². The Morgan fingerprint density at radius 1 is 0.952 bits per heavy atom. The van der Waals surface area contributed by atoms with Gasteiger partial charge in [0, 0.05) is 12.5 Å². The highest BCUT2D eigenvalue weighted by atomic mass is 28.3. The van der Waals surface area contributed by atoms with Gasteiger partial charge in [0.15, 0.2) is 0 Å². The number of hydrogen-bond donors (Lipinski definition) is 1. The molecule has 0 fully saturated rings. The fourth-order valence-corrected chi connectivity index (χ4v) is 4.49. The largest absolute Gasteiger partial charge is 0.396 e. The monoisotopic (exact) mass is 296 g/mol. The summed E-state index contributed by atoms with van der Waals surface area (Å²) in [5.74, 6) is 0.298. The molecule has 0 radical (unpaired) electrons. The van der Waals surface area contributed by atoms with Crippen LogP contribution in [0.25, 0.3) is 0 Å². The highest BCUT2D eigenvalue weighted by molar-refractivity contribution is 6.93. The van der Waals surface area contributed by atoms with Gasteiger partial charge >= 0.3 is 0 Å². The van der Waals surface area contributed by atoms with Crippen LogP contribution in [-0.2, 0) is 0 Å². The molecule has 0 aliphatic heterocycles. The molecular formula is C19H24OSi. The molecule has 0 bridgehead atoms. The Bertz CT molecular complexity index is 561. The van der Waals surface area contributed by atoms with Crippen LogP contribution in [0.5, 0.6) is 0 Å². The summed E-state index contributed by atoms with van der Waals surface area (Å²) in [7, 11) is -1.57. The standard InChI is InChI=1S/C19H24OSi/c1-21(2,19-11-7-4-8-12-19)16-14-18(13-15-20)17-9-5-3-6-10-17/h3-12,14,16,18,20H,13,15H2,1-2H3/b16-14-. The zero-order valence-corrected chi connectivity index (χ0v) is 13.9. The molecule has 0 spiro atoms. The first-order valence-corrected chi connectivity index (χ1v) is 10.6. The minimum absolute atomic E-state index is 0.219. The van der Waals surface area contributed by atoms with Crippen LogP contribution in [-0.4, -0.2) is 19.8 Å². The molecule has 0 aromatic heterocycles. The predicted octanol–water partition coefficient (Wildman–Crippen LogP) is 3.86. The summed E-state index contributed by atoms with van der Waals surface area (Å²) in [6.07, 6.45) is 3.07. The number of allylic oxidation sites excluding steroid dienone is 1. The molecule has 0 heterocycles. The van der Waals surface area contributed by atoms with Crippen LogP contribution < -0.4 is 5.19 Å². The number of rotatable bonds is 6. The average Bonchev–Trinajstić information content (AvgIpc) is 2.53. The molecule has 1 unspecified atom stereocenters. The maximum Gasteiger partial charge on any atom is 0.103 e. The average molecular weight is 296 g/mol. The molecule has 1 nitrogen and oxygen atoms in total. The summed E-state index contributed by atoms with van der Waals surface area (Å²) >= 11 is 0. The summed E-state index contributed by atoms with van der Waals surface area (Å²) < 4.78 is 0. The Labute approximate surface area is 129 Å². The van der Waals surface area contributed by atoms with Crippen molar-refractivity contribution >= 4 is 13.3 Å². The lowest BCUT2D eigenvalue weighted by atomic mass is 9.96. The molecular weight excluding hydrogens is 272 g/mol. The smallest absolute Gasteiger partial charge is 0.103 e. The first-order chi connectivity index (χ1) is 10.1. The lowest BCUT2D eigenvalue weighted by Crippen LogP contribution is -2.39. The summed E-state index contributed by atoms with van der Waals surface area (Å²) in [4.78, 5) is 0. The molecule has 0 aliphatic carbocycles. The van der Waals surface area contributed by atoms with Gasteiger partial charge < -0.3 is 5.11 Å². The molecule has 21 heavy (non-hydrogen) atoms. The van der Waals surface area contributed by atoms with E-state index in [-0.39, 0.29) is 6.61 Å². The molecule has 0 saturated carbocycles. The Balaban J connectivity index is 2.20. The Hall–Kier alpha value is -1.64. The fourth-order valence-electron chi connectivity index (χ4n) is 2.53. The zero-order chi connectivity index (χ0) is 15.1. The lowest BCUT2D eigenvalue weighted by molar-refractivity contribution is 0.283. The highest BCUT2D eigenvalue weighted by Crippen LogP contribution is 2.22. The molecule has 2 rings (SSSR count).